The van der Waals surface area contributed by atoms with Gasteiger partial charge in [0, 0.05) is 13.1 Å². The van der Waals surface area contributed by atoms with Crippen molar-refractivity contribution >= 4 is 17.0 Å². The molecule has 0 spiro atoms. The van der Waals surface area contributed by atoms with Gasteiger partial charge in [0.25, 0.3) is 0 Å². The summed E-state index contributed by atoms with van der Waals surface area (Å²) in [5, 5.41) is 8.82. The molecule has 18 heavy (non-hydrogen) atoms. The lowest BCUT2D eigenvalue weighted by molar-refractivity contribution is 0.0696. The van der Waals surface area contributed by atoms with Gasteiger partial charge in [0.2, 0.25) is 0 Å². The number of imidazole rings is 1. The predicted molar refractivity (Wildman–Crippen MR) is 63.2 cm³/mol. The fraction of sp³-hybridized carbons (Fsp3) is 0.0833. The van der Waals surface area contributed by atoms with E-state index >= 15 is 0 Å². The molecule has 90 valence electrons. The van der Waals surface area contributed by atoms with Gasteiger partial charge in [-0.3, -0.25) is 4.98 Å². The second kappa shape index (κ2) is 3.69. The molecule has 3 aromatic rings. The smallest absolute Gasteiger partial charge is 0.338 e. The van der Waals surface area contributed by atoms with E-state index in [9.17, 15) is 4.79 Å². The summed E-state index contributed by atoms with van der Waals surface area (Å²) in [5.41, 5.74) is 2.36. The van der Waals surface area contributed by atoms with Crippen molar-refractivity contribution in [3.05, 3.63) is 36.5 Å². The topological polar surface area (TPSA) is 81.2 Å². The van der Waals surface area contributed by atoms with Crippen LogP contribution in [0.15, 0.2) is 35.3 Å². The number of pyridine rings is 1. The van der Waals surface area contributed by atoms with Crippen LogP contribution >= 0.6 is 0 Å². The number of carboxylic acids is 1. The summed E-state index contributed by atoms with van der Waals surface area (Å²) >= 11 is 0. The third kappa shape index (κ3) is 1.55. The molecule has 6 nitrogen and oxygen atoms in total. The normalized spacial score (nSPS) is 10.9. The van der Waals surface area contributed by atoms with Gasteiger partial charge in [-0.25, -0.2) is 9.78 Å². The van der Waals surface area contributed by atoms with Crippen molar-refractivity contribution in [2.24, 2.45) is 7.05 Å². The van der Waals surface area contributed by atoms with E-state index in [1.807, 2.05) is 11.6 Å². The first kappa shape index (κ1) is 10.5. The lowest BCUT2D eigenvalue weighted by Crippen LogP contribution is -1.91. The standard InChI is InChI=1S/C12H9N3O3/c1-15-6-14-8-3-9(13-4-10(8)15)11-2-7(5-18-11)12(16)17/h2-6H,1H3,(H,16,17). The van der Waals surface area contributed by atoms with Crippen molar-refractivity contribution in [3.8, 4) is 11.5 Å². The molecule has 0 aliphatic heterocycles. The minimum absolute atomic E-state index is 0.105. The summed E-state index contributed by atoms with van der Waals surface area (Å²) < 4.78 is 7.05. The molecule has 0 atom stereocenters. The van der Waals surface area contributed by atoms with Crippen LogP contribution in [0.3, 0.4) is 0 Å². The molecule has 0 saturated heterocycles. The highest BCUT2D eigenvalue weighted by Gasteiger charge is 2.12. The molecule has 0 aliphatic rings. The van der Waals surface area contributed by atoms with Crippen molar-refractivity contribution in [1.82, 2.24) is 14.5 Å². The van der Waals surface area contributed by atoms with E-state index < -0.39 is 5.97 Å². The Morgan fingerprint density at radius 1 is 1.39 bits per heavy atom. The molecule has 0 fully saturated rings. The van der Waals surface area contributed by atoms with E-state index in [0.717, 1.165) is 11.0 Å². The predicted octanol–water partition coefficient (Wildman–Crippen LogP) is 1.93. The molecular weight excluding hydrogens is 234 g/mol. The van der Waals surface area contributed by atoms with Crippen molar-refractivity contribution in [2.45, 2.75) is 0 Å². The van der Waals surface area contributed by atoms with Crippen LogP contribution in [0.25, 0.3) is 22.5 Å². The highest BCUT2D eigenvalue weighted by Crippen LogP contribution is 2.23. The van der Waals surface area contributed by atoms with Crippen LogP contribution in [0.2, 0.25) is 0 Å². The van der Waals surface area contributed by atoms with Crippen LogP contribution in [-0.4, -0.2) is 25.6 Å². The van der Waals surface area contributed by atoms with Gasteiger partial charge in [0.1, 0.15) is 12.0 Å². The van der Waals surface area contributed by atoms with Gasteiger partial charge in [-0.05, 0) is 6.07 Å². The number of hydrogen-bond acceptors (Lipinski definition) is 4. The Labute approximate surface area is 102 Å². The first-order valence-corrected chi connectivity index (χ1v) is 5.24. The Morgan fingerprint density at radius 2 is 2.22 bits per heavy atom. The van der Waals surface area contributed by atoms with Crippen LogP contribution < -0.4 is 0 Å². The summed E-state index contributed by atoms with van der Waals surface area (Å²) in [6, 6.07) is 3.21. The Balaban J connectivity index is 2.10. The van der Waals surface area contributed by atoms with Crippen molar-refractivity contribution < 1.29 is 14.3 Å². The lowest BCUT2D eigenvalue weighted by atomic mass is 10.2. The van der Waals surface area contributed by atoms with Crippen LogP contribution in [-0.2, 0) is 7.05 Å². The monoisotopic (exact) mass is 243 g/mol. The molecule has 0 aliphatic carbocycles. The molecule has 0 aromatic carbocycles. The SMILES string of the molecule is Cn1cnc2cc(-c3cc(C(=O)O)co3)ncc21. The second-order valence-electron chi connectivity index (χ2n) is 3.92. The zero-order chi connectivity index (χ0) is 12.7. The number of aryl methyl sites for hydroxylation is 1. The fourth-order valence-corrected chi connectivity index (χ4v) is 1.74. The Kier molecular flexibility index (Phi) is 2.16. The number of rotatable bonds is 2. The number of carboxylic acid groups (broad SMARTS) is 1. The summed E-state index contributed by atoms with van der Waals surface area (Å²) in [5.74, 6) is -0.608. The highest BCUT2D eigenvalue weighted by molar-refractivity contribution is 5.88. The molecule has 3 aromatic heterocycles. The molecule has 0 amide bonds. The van der Waals surface area contributed by atoms with Crippen LogP contribution in [0.1, 0.15) is 10.4 Å². The van der Waals surface area contributed by atoms with Crippen molar-refractivity contribution in [1.29, 1.82) is 0 Å². The molecule has 0 unspecified atom stereocenters. The second-order valence-corrected chi connectivity index (χ2v) is 3.92. The Bertz CT molecular complexity index is 742. The Morgan fingerprint density at radius 3 is 2.94 bits per heavy atom. The van der Waals surface area contributed by atoms with Gasteiger partial charge in [-0.1, -0.05) is 0 Å². The largest absolute Gasteiger partial charge is 0.478 e. The van der Waals surface area contributed by atoms with Gasteiger partial charge in [-0.2, -0.15) is 0 Å². The van der Waals surface area contributed by atoms with Crippen molar-refractivity contribution in [2.75, 3.05) is 0 Å². The quantitative estimate of drug-likeness (QED) is 0.743. The first-order valence-electron chi connectivity index (χ1n) is 5.24. The molecule has 1 N–H and O–H groups in total. The minimum Gasteiger partial charge on any atom is -0.478 e. The van der Waals surface area contributed by atoms with Crippen LogP contribution in [0.4, 0.5) is 0 Å². The van der Waals surface area contributed by atoms with Crippen LogP contribution in [0, 0.1) is 0 Å². The number of nitrogens with zero attached hydrogens (tertiary/aromatic N) is 3. The summed E-state index contributed by atoms with van der Waals surface area (Å²) in [6.45, 7) is 0. The average Bonchev–Trinajstić information content (AvgIpc) is 2.96. The van der Waals surface area contributed by atoms with Gasteiger partial charge in [0.15, 0.2) is 5.76 Å². The van der Waals surface area contributed by atoms with Gasteiger partial charge >= 0.3 is 5.97 Å². The molecule has 3 heterocycles. The number of aromatic nitrogens is 3. The maximum Gasteiger partial charge on any atom is 0.338 e. The van der Waals surface area contributed by atoms with E-state index in [1.54, 1.807) is 18.6 Å². The minimum atomic E-state index is -1.02. The summed E-state index contributed by atoms with van der Waals surface area (Å²) in [7, 11) is 1.88. The van der Waals surface area contributed by atoms with Gasteiger partial charge in [0.05, 0.1) is 29.1 Å². The van der Waals surface area contributed by atoms with E-state index in [4.69, 9.17) is 9.52 Å². The number of hydrogen-bond donors (Lipinski definition) is 1. The third-order valence-electron chi connectivity index (χ3n) is 2.71. The summed E-state index contributed by atoms with van der Waals surface area (Å²) in [4.78, 5) is 19.2. The molecule has 0 bridgehead atoms. The van der Waals surface area contributed by atoms with E-state index in [0.29, 0.717) is 11.5 Å². The number of fused-ring (bicyclic) bond motifs is 1. The zero-order valence-electron chi connectivity index (χ0n) is 9.49. The third-order valence-corrected chi connectivity index (χ3v) is 2.71. The average molecular weight is 243 g/mol. The molecule has 0 radical (unpaired) electrons. The van der Waals surface area contributed by atoms with E-state index in [2.05, 4.69) is 9.97 Å². The van der Waals surface area contributed by atoms with Crippen molar-refractivity contribution in [3.63, 3.8) is 0 Å². The Hall–Kier alpha value is -2.63. The fourth-order valence-electron chi connectivity index (χ4n) is 1.74. The van der Waals surface area contributed by atoms with Crippen LogP contribution in [0.5, 0.6) is 0 Å². The lowest BCUT2D eigenvalue weighted by Gasteiger charge is -1.96. The zero-order valence-corrected chi connectivity index (χ0v) is 9.49. The molecule has 3 rings (SSSR count). The number of furan rings is 1. The van der Waals surface area contributed by atoms with E-state index in [-0.39, 0.29) is 5.56 Å². The molecule has 0 saturated carbocycles. The highest BCUT2D eigenvalue weighted by atomic mass is 16.4. The summed E-state index contributed by atoms with van der Waals surface area (Å²) in [6.07, 6.45) is 4.57. The number of aromatic carboxylic acids is 1. The first-order chi connectivity index (χ1) is 8.65. The van der Waals surface area contributed by atoms with Gasteiger partial charge in [-0.15, -0.1) is 0 Å². The maximum absolute atomic E-state index is 10.8. The molecule has 6 heteroatoms. The molecular formula is C12H9N3O3. The van der Waals surface area contributed by atoms with Gasteiger partial charge < -0.3 is 14.1 Å². The number of carbonyl (C=O) groups is 1. The van der Waals surface area contributed by atoms with E-state index in [1.165, 1.54) is 12.3 Å². The maximum atomic E-state index is 10.8.